The molecule has 0 aliphatic rings. The molecule has 0 radical (unpaired) electrons. The van der Waals surface area contributed by atoms with Crippen molar-refractivity contribution in [1.82, 2.24) is 0 Å². The number of rotatable bonds is 3. The zero-order valence-corrected chi connectivity index (χ0v) is 22.2. The topological polar surface area (TPSA) is 17.1 Å². The van der Waals surface area contributed by atoms with Crippen molar-refractivity contribution in [2.75, 3.05) is 0 Å². The minimum absolute atomic E-state index is 0.462. The molecule has 0 aliphatic carbocycles. The van der Waals surface area contributed by atoms with Crippen molar-refractivity contribution >= 4 is 26.5 Å². The first-order valence-electron chi connectivity index (χ1n) is 11.0. The number of benzene rings is 3. The van der Waals surface area contributed by atoms with Crippen LogP contribution in [0.25, 0.3) is 0 Å². The average Bonchev–Trinajstić information content (AvgIpc) is 2.84. The molecule has 0 heterocycles. The molecule has 20 heteroatoms. The second-order valence-electron chi connectivity index (χ2n) is 8.90. The fraction of sp³-hybridized carbons (Fsp3) is 0.250. The molecule has 0 saturated heterocycles. The van der Waals surface area contributed by atoms with Crippen molar-refractivity contribution in [3.8, 4) is 0 Å². The molecule has 3 aromatic rings. The Hall–Kier alpha value is -3.24. The monoisotopic (exact) mass is 730 g/mol. The number of hydrogen-bond acceptors (Lipinski definition) is 1. The summed E-state index contributed by atoms with van der Waals surface area (Å²) < 4.78 is 253. The van der Waals surface area contributed by atoms with E-state index < -0.39 is 152 Å². The maximum absolute atomic E-state index is 14.5. The van der Waals surface area contributed by atoms with Gasteiger partial charge in [0.05, 0.1) is 0 Å². The van der Waals surface area contributed by atoms with Crippen LogP contribution < -0.4 is 13.1 Å². The molecule has 3 rings (SSSR count). The Morgan fingerprint density at radius 3 is 0.545 bits per heavy atom. The van der Waals surface area contributed by atoms with Crippen LogP contribution in [0, 0.1) is 0 Å². The number of alkyl halides is 18. The van der Waals surface area contributed by atoms with Crippen LogP contribution in [0.5, 0.6) is 0 Å². The molecule has 0 bridgehead atoms. The average molecular weight is 730 g/mol. The predicted octanol–water partition coefficient (Wildman–Crippen LogP) is 8.20. The Balaban J connectivity index is 2.69. The second-order valence-corrected chi connectivity index (χ2v) is 14.7. The van der Waals surface area contributed by atoms with Gasteiger partial charge in [-0.25, -0.2) is 0 Å². The molecule has 0 saturated carbocycles. The quantitative estimate of drug-likeness (QED) is 0.196. The molecule has 242 valence electrons. The van der Waals surface area contributed by atoms with Gasteiger partial charge >= 0.3 is 234 Å². The normalized spacial score (nSPS) is 14.2. The fourth-order valence-electron chi connectivity index (χ4n) is 3.81. The molecule has 0 N–H and O–H groups in total. The van der Waals surface area contributed by atoms with Crippen LogP contribution in [-0.4, -0.2) is 13.5 Å². The van der Waals surface area contributed by atoms with Crippen LogP contribution in [0.1, 0.15) is 33.4 Å². The van der Waals surface area contributed by atoms with Crippen LogP contribution in [0.3, 0.4) is 0 Å². The summed E-state index contributed by atoms with van der Waals surface area (Å²) >= 11 is -7.30. The minimum atomic E-state index is -7.30. The van der Waals surface area contributed by atoms with E-state index >= 15 is 0 Å². The van der Waals surface area contributed by atoms with Crippen LogP contribution in [0.4, 0.5) is 79.0 Å². The molecule has 0 atom stereocenters. The van der Waals surface area contributed by atoms with Crippen molar-refractivity contribution in [1.29, 1.82) is 0 Å². The van der Waals surface area contributed by atoms with E-state index in [2.05, 4.69) is 0 Å². The molecular weight excluding hydrogens is 721 g/mol. The summed E-state index contributed by atoms with van der Waals surface area (Å²) in [5.74, 6) is 0. The summed E-state index contributed by atoms with van der Waals surface area (Å²) in [7, 11) is 0. The van der Waals surface area contributed by atoms with Gasteiger partial charge in [0.25, 0.3) is 0 Å². The van der Waals surface area contributed by atoms with Crippen molar-refractivity contribution in [2.45, 2.75) is 37.1 Å². The van der Waals surface area contributed by atoms with Gasteiger partial charge in [-0.2, -0.15) is 0 Å². The molecule has 0 unspecified atom stereocenters. The number of halogens is 18. The molecule has 0 fully saturated rings. The fourth-order valence-corrected chi connectivity index (χ4v) is 9.72. The van der Waals surface area contributed by atoms with E-state index in [1.807, 2.05) is 0 Å². The maximum atomic E-state index is 14.5. The molecule has 0 spiro atoms. The van der Waals surface area contributed by atoms with Crippen LogP contribution in [0.2, 0.25) is 0 Å². The van der Waals surface area contributed by atoms with Gasteiger partial charge in [0.2, 0.25) is 0 Å². The van der Waals surface area contributed by atoms with E-state index in [9.17, 15) is 82.8 Å². The van der Waals surface area contributed by atoms with Gasteiger partial charge in [-0.05, 0) is 0 Å². The Morgan fingerprint density at radius 1 is 0.295 bits per heavy atom. The summed E-state index contributed by atoms with van der Waals surface area (Å²) in [4.78, 5) is 0. The number of hydrogen-bond donors (Lipinski definition) is 0. The summed E-state index contributed by atoms with van der Waals surface area (Å²) in [6.45, 7) is 0. The SMILES string of the molecule is O=[As](c1cc(C(F)(F)F)cc(C(F)(F)F)c1)(c1cc(C(F)(F)F)cc(C(F)(F)F)c1)c1cc(C(F)(F)F)cc(C(F)(F)F)c1. The Morgan fingerprint density at radius 2 is 0.432 bits per heavy atom. The summed E-state index contributed by atoms with van der Waals surface area (Å²) in [6, 6.07) is -4.63. The van der Waals surface area contributed by atoms with Gasteiger partial charge in [0.1, 0.15) is 0 Å². The molecule has 3 aromatic carbocycles. The van der Waals surface area contributed by atoms with Gasteiger partial charge < -0.3 is 0 Å². The standard InChI is InChI=1S/C24H9AsF18O/c26-19(27,28)10-1-11(20(29,30)31)5-16(4-10)25(44,17-6-12(21(32,33)34)2-13(7-17)22(35,36)37)18-8-14(23(38,39)40)3-15(9-18)24(41,42)43/h1-9H. The first kappa shape index (κ1) is 35.2. The van der Waals surface area contributed by atoms with Gasteiger partial charge in [-0.3, -0.25) is 0 Å². The third-order valence-corrected chi connectivity index (χ3v) is 12.0. The third-order valence-electron chi connectivity index (χ3n) is 5.81. The summed E-state index contributed by atoms with van der Waals surface area (Å²) in [6.07, 6.45) is -34.8. The van der Waals surface area contributed by atoms with E-state index in [4.69, 9.17) is 0 Å². The van der Waals surface area contributed by atoms with Crippen molar-refractivity contribution < 1.29 is 82.8 Å². The molecule has 44 heavy (non-hydrogen) atoms. The summed E-state index contributed by atoms with van der Waals surface area (Å²) in [5.41, 5.74) is -14.2. The van der Waals surface area contributed by atoms with Crippen LogP contribution in [0.15, 0.2) is 54.6 Å². The molecule has 0 amide bonds. The molecule has 0 aliphatic heterocycles. The Bertz CT molecular complexity index is 1310. The van der Waals surface area contributed by atoms with Crippen molar-refractivity contribution in [2.24, 2.45) is 0 Å². The van der Waals surface area contributed by atoms with Crippen molar-refractivity contribution in [3.05, 3.63) is 88.0 Å². The first-order chi connectivity index (χ1) is 19.4. The Kier molecular flexibility index (Phi) is 8.56. The zero-order valence-electron chi connectivity index (χ0n) is 20.4. The molecular formula is C24H9AsF18O. The first-order valence-corrected chi connectivity index (χ1v) is 14.5. The second kappa shape index (κ2) is 10.7. The van der Waals surface area contributed by atoms with Crippen LogP contribution >= 0.6 is 0 Å². The zero-order chi connectivity index (χ0) is 34.1. The summed E-state index contributed by atoms with van der Waals surface area (Å²) in [5, 5.41) is 0. The predicted molar refractivity (Wildman–Crippen MR) is 115 cm³/mol. The van der Waals surface area contributed by atoms with Gasteiger partial charge in [-0.15, -0.1) is 0 Å². The van der Waals surface area contributed by atoms with Gasteiger partial charge in [-0.1, -0.05) is 0 Å². The third kappa shape index (κ3) is 7.34. The van der Waals surface area contributed by atoms with E-state index in [-0.39, 0.29) is 0 Å². The van der Waals surface area contributed by atoms with E-state index in [1.165, 1.54) is 0 Å². The van der Waals surface area contributed by atoms with Gasteiger partial charge in [0, 0.05) is 0 Å². The van der Waals surface area contributed by atoms with E-state index in [1.54, 1.807) is 0 Å². The molecule has 0 aromatic heterocycles. The van der Waals surface area contributed by atoms with E-state index in [0.29, 0.717) is 0 Å². The Labute approximate surface area is 234 Å². The van der Waals surface area contributed by atoms with Crippen molar-refractivity contribution in [3.63, 3.8) is 0 Å². The van der Waals surface area contributed by atoms with E-state index in [0.717, 1.165) is 0 Å². The van der Waals surface area contributed by atoms with Crippen LogP contribution in [-0.2, 0) is 40.8 Å². The van der Waals surface area contributed by atoms with Gasteiger partial charge in [0.15, 0.2) is 0 Å². The molecule has 1 nitrogen and oxygen atoms in total.